The van der Waals surface area contributed by atoms with E-state index in [2.05, 4.69) is 4.98 Å². The largest absolute Gasteiger partial charge is 0.491 e. The number of rotatable bonds is 7. The van der Waals surface area contributed by atoms with Gasteiger partial charge in [-0.25, -0.2) is 4.98 Å². The van der Waals surface area contributed by atoms with Gasteiger partial charge in [-0.2, -0.15) is 0 Å². The normalized spacial score (nSPS) is 11.3. The number of benzene rings is 2. The first kappa shape index (κ1) is 23.2. The van der Waals surface area contributed by atoms with Gasteiger partial charge < -0.3 is 14.5 Å². The number of aromatic nitrogens is 2. The van der Waals surface area contributed by atoms with Gasteiger partial charge in [0.2, 0.25) is 0 Å². The smallest absolute Gasteiger partial charge is 0.291 e. The highest BCUT2D eigenvalue weighted by Crippen LogP contribution is 2.30. The minimum atomic E-state index is -1.50. The molecule has 0 aliphatic heterocycles. The van der Waals surface area contributed by atoms with E-state index in [1.807, 2.05) is 35.0 Å². The van der Waals surface area contributed by atoms with E-state index in [4.69, 9.17) is 54.9 Å². The van der Waals surface area contributed by atoms with Crippen LogP contribution < -0.4 is 4.74 Å². The van der Waals surface area contributed by atoms with Crippen molar-refractivity contribution in [2.75, 3.05) is 6.61 Å². The third kappa shape index (κ3) is 8.82. The lowest BCUT2D eigenvalue weighted by molar-refractivity contribution is -0.742. The summed E-state index contributed by atoms with van der Waals surface area (Å²) >= 11 is 19.8. The molecule has 0 aliphatic rings. The SMILES string of the molecule is Clc1ccc(SC(COc2ccc(Cl)cc2Cl)Cn2ccnc2)cc1.O=[N+]([O-])O. The lowest BCUT2D eigenvalue weighted by Crippen LogP contribution is -2.20. The molecule has 0 spiro atoms. The lowest BCUT2D eigenvalue weighted by atomic mass is 10.3. The van der Waals surface area contributed by atoms with Crippen LogP contribution in [-0.2, 0) is 6.54 Å². The molecule has 29 heavy (non-hydrogen) atoms. The average Bonchev–Trinajstić information content (AvgIpc) is 3.15. The van der Waals surface area contributed by atoms with Crippen LogP contribution in [0, 0.1) is 10.1 Å². The van der Waals surface area contributed by atoms with E-state index in [1.165, 1.54) is 0 Å². The molecule has 0 fully saturated rings. The molecule has 3 aromatic rings. The third-order valence-corrected chi connectivity index (χ3v) is 5.35. The van der Waals surface area contributed by atoms with E-state index >= 15 is 0 Å². The van der Waals surface area contributed by atoms with Gasteiger partial charge in [0.1, 0.15) is 12.4 Å². The fraction of sp³-hybridized carbons (Fsp3) is 0.167. The molecule has 0 radical (unpaired) electrons. The summed E-state index contributed by atoms with van der Waals surface area (Å²) in [7, 11) is 0. The molecule has 11 heteroatoms. The van der Waals surface area contributed by atoms with Gasteiger partial charge in [0, 0.05) is 33.9 Å². The maximum Gasteiger partial charge on any atom is 0.291 e. The quantitative estimate of drug-likeness (QED) is 0.266. The van der Waals surface area contributed by atoms with E-state index < -0.39 is 5.09 Å². The van der Waals surface area contributed by atoms with E-state index in [-0.39, 0.29) is 5.25 Å². The Bertz CT molecular complexity index is 907. The fourth-order valence-electron chi connectivity index (χ4n) is 2.23. The molecular formula is C18H16Cl3N3O4S. The first-order chi connectivity index (χ1) is 13.8. The van der Waals surface area contributed by atoms with Crippen molar-refractivity contribution >= 4 is 46.6 Å². The molecule has 0 bridgehead atoms. The zero-order valence-corrected chi connectivity index (χ0v) is 17.9. The molecule has 3 rings (SSSR count). The molecule has 0 aliphatic carbocycles. The van der Waals surface area contributed by atoms with Crippen LogP contribution >= 0.6 is 46.6 Å². The molecule has 1 aromatic heterocycles. The summed E-state index contributed by atoms with van der Waals surface area (Å²) < 4.78 is 7.96. The maximum atomic E-state index is 8.36. The third-order valence-electron chi connectivity index (χ3n) is 3.41. The van der Waals surface area contributed by atoms with Crippen molar-refractivity contribution in [3.63, 3.8) is 0 Å². The second-order valence-corrected chi connectivity index (χ2v) is 8.23. The highest BCUT2D eigenvalue weighted by atomic mass is 35.5. The molecule has 1 atom stereocenters. The van der Waals surface area contributed by atoms with Gasteiger partial charge in [-0.05, 0) is 42.5 Å². The van der Waals surface area contributed by atoms with Crippen LogP contribution in [0.25, 0.3) is 0 Å². The monoisotopic (exact) mass is 475 g/mol. The van der Waals surface area contributed by atoms with Gasteiger partial charge in [0.15, 0.2) is 0 Å². The minimum absolute atomic E-state index is 0.169. The number of imidazole rings is 1. The summed E-state index contributed by atoms with van der Waals surface area (Å²) in [4.78, 5) is 13.6. The van der Waals surface area contributed by atoms with Crippen molar-refractivity contribution in [3.8, 4) is 5.75 Å². The summed E-state index contributed by atoms with van der Waals surface area (Å²) in [6.45, 7) is 1.26. The van der Waals surface area contributed by atoms with Gasteiger partial charge in [0.05, 0.1) is 16.6 Å². The van der Waals surface area contributed by atoms with Crippen molar-refractivity contribution in [2.45, 2.75) is 16.7 Å². The number of nitrogens with zero attached hydrogens (tertiary/aromatic N) is 3. The van der Waals surface area contributed by atoms with Crippen LogP contribution in [0.15, 0.2) is 66.1 Å². The van der Waals surface area contributed by atoms with Crippen molar-refractivity contribution in [1.29, 1.82) is 0 Å². The van der Waals surface area contributed by atoms with Crippen LogP contribution in [0.4, 0.5) is 0 Å². The summed E-state index contributed by atoms with van der Waals surface area (Å²) in [6.07, 6.45) is 5.50. The zero-order valence-electron chi connectivity index (χ0n) is 14.8. The number of ether oxygens (including phenoxy) is 1. The van der Waals surface area contributed by atoms with E-state index in [0.717, 1.165) is 16.5 Å². The highest BCUT2D eigenvalue weighted by Gasteiger charge is 2.14. The number of thioether (sulfide) groups is 1. The zero-order chi connectivity index (χ0) is 21.2. The predicted octanol–water partition coefficient (Wildman–Crippen LogP) is 5.74. The predicted molar refractivity (Wildman–Crippen MR) is 114 cm³/mol. The standard InChI is InChI=1S/C18H15Cl3N2OS.HNO3/c19-13-1-4-15(5-2-13)25-16(10-23-8-7-22-12-23)11-24-18-6-3-14(20)9-17(18)21;2-1(3)4/h1-9,12,16H,10-11H2;(H,2,3,4). The Morgan fingerprint density at radius 1 is 1.17 bits per heavy atom. The number of hydrogen-bond acceptors (Lipinski definition) is 5. The Morgan fingerprint density at radius 2 is 1.83 bits per heavy atom. The van der Waals surface area contributed by atoms with Crippen LogP contribution in [0.1, 0.15) is 0 Å². The van der Waals surface area contributed by atoms with Gasteiger partial charge in [0.25, 0.3) is 5.09 Å². The molecular weight excluding hydrogens is 461 g/mol. The van der Waals surface area contributed by atoms with E-state index in [9.17, 15) is 0 Å². The fourth-order valence-corrected chi connectivity index (χ4v) is 3.88. The van der Waals surface area contributed by atoms with Crippen molar-refractivity contribution in [2.24, 2.45) is 0 Å². The summed E-state index contributed by atoms with van der Waals surface area (Å²) in [5, 5.41) is 15.6. The van der Waals surface area contributed by atoms with Gasteiger partial charge >= 0.3 is 0 Å². The Kier molecular flexibility index (Phi) is 9.40. The van der Waals surface area contributed by atoms with Crippen LogP contribution in [0.3, 0.4) is 0 Å². The maximum absolute atomic E-state index is 8.36. The molecule has 7 nitrogen and oxygen atoms in total. The second kappa shape index (κ2) is 11.8. The van der Waals surface area contributed by atoms with Gasteiger partial charge in [-0.3, -0.25) is 0 Å². The molecule has 0 amide bonds. The topological polar surface area (TPSA) is 90.4 Å². The summed E-state index contributed by atoms with van der Waals surface area (Å²) in [5.41, 5.74) is 0. The Hall–Kier alpha value is -2.13. The van der Waals surface area contributed by atoms with Crippen molar-refractivity contribution in [1.82, 2.24) is 9.55 Å². The molecule has 1 heterocycles. The molecule has 154 valence electrons. The highest BCUT2D eigenvalue weighted by molar-refractivity contribution is 8.00. The van der Waals surface area contributed by atoms with Gasteiger partial charge in [-0.15, -0.1) is 21.9 Å². The Labute approximate surface area is 186 Å². The van der Waals surface area contributed by atoms with Crippen LogP contribution in [0.2, 0.25) is 15.1 Å². The number of hydrogen-bond donors (Lipinski definition) is 1. The van der Waals surface area contributed by atoms with Crippen molar-refractivity contribution in [3.05, 3.63) is 86.4 Å². The summed E-state index contributed by atoms with van der Waals surface area (Å²) in [6, 6.07) is 13.0. The van der Waals surface area contributed by atoms with Gasteiger partial charge in [-0.1, -0.05) is 34.8 Å². The molecule has 0 saturated heterocycles. The average molecular weight is 477 g/mol. The molecule has 1 unspecified atom stereocenters. The second-order valence-electron chi connectivity index (χ2n) is 5.58. The van der Waals surface area contributed by atoms with Crippen LogP contribution in [0.5, 0.6) is 5.75 Å². The Balaban J connectivity index is 0.000000687. The Morgan fingerprint density at radius 3 is 2.41 bits per heavy atom. The van der Waals surface area contributed by atoms with E-state index in [1.54, 1.807) is 42.5 Å². The van der Waals surface area contributed by atoms with E-state index in [0.29, 0.717) is 22.4 Å². The summed E-state index contributed by atoms with van der Waals surface area (Å²) in [5.74, 6) is 0.624. The van der Waals surface area contributed by atoms with Crippen molar-refractivity contribution < 1.29 is 15.0 Å². The molecule has 2 aromatic carbocycles. The molecule has 0 saturated carbocycles. The van der Waals surface area contributed by atoms with Crippen LogP contribution in [-0.4, -0.2) is 31.7 Å². The lowest BCUT2D eigenvalue weighted by Gasteiger charge is -2.18. The first-order valence-corrected chi connectivity index (χ1v) is 10.1. The number of halogens is 3. The molecule has 1 N–H and O–H groups in total. The first-order valence-electron chi connectivity index (χ1n) is 8.12. The minimum Gasteiger partial charge on any atom is -0.491 e.